The highest BCUT2D eigenvalue weighted by Gasteiger charge is 2.32. The number of fused-ring (bicyclic) bond motifs is 1. The molecule has 0 unspecified atom stereocenters. The van der Waals surface area contributed by atoms with Gasteiger partial charge in [0.1, 0.15) is 0 Å². The van der Waals surface area contributed by atoms with Crippen molar-refractivity contribution in [2.24, 2.45) is 11.8 Å². The highest BCUT2D eigenvalue weighted by atomic mass is 16.2. The highest BCUT2D eigenvalue weighted by molar-refractivity contribution is 6.07. The lowest BCUT2D eigenvalue weighted by atomic mass is 9.91. The first-order chi connectivity index (χ1) is 14.2. The molecule has 1 N–H and O–H groups in total. The lowest BCUT2D eigenvalue weighted by molar-refractivity contribution is -0.138. The zero-order valence-corrected chi connectivity index (χ0v) is 17.3. The summed E-state index contributed by atoms with van der Waals surface area (Å²) in [6.07, 6.45) is 3.72. The van der Waals surface area contributed by atoms with Gasteiger partial charge in [-0.1, -0.05) is 36.4 Å². The molecule has 5 nitrogen and oxygen atoms in total. The van der Waals surface area contributed by atoms with Crippen molar-refractivity contribution in [1.29, 1.82) is 0 Å². The summed E-state index contributed by atoms with van der Waals surface area (Å²) in [5.74, 6) is 1.13. The predicted molar refractivity (Wildman–Crippen MR) is 116 cm³/mol. The Balaban J connectivity index is 1.34. The fourth-order valence-electron chi connectivity index (χ4n) is 4.82. The van der Waals surface area contributed by atoms with Crippen molar-refractivity contribution in [3.63, 3.8) is 0 Å². The molecule has 2 heterocycles. The van der Waals surface area contributed by atoms with Crippen LogP contribution in [0, 0.1) is 11.8 Å². The molecule has 154 valence electrons. The van der Waals surface area contributed by atoms with Crippen molar-refractivity contribution in [3.8, 4) is 0 Å². The molecule has 0 atom stereocenters. The van der Waals surface area contributed by atoms with E-state index in [1.54, 1.807) is 0 Å². The second-order valence-corrected chi connectivity index (χ2v) is 8.42. The minimum Gasteiger partial charge on any atom is -0.342 e. The fourth-order valence-corrected chi connectivity index (χ4v) is 4.82. The molecule has 2 fully saturated rings. The molecule has 4 rings (SSSR count). The fraction of sp³-hybridized carbons (Fsp3) is 0.500. The number of hydrogen-bond acceptors (Lipinski definition) is 3. The molecule has 2 amide bonds. The van der Waals surface area contributed by atoms with E-state index in [2.05, 4.69) is 10.2 Å². The van der Waals surface area contributed by atoms with Crippen LogP contribution >= 0.6 is 0 Å². The van der Waals surface area contributed by atoms with Gasteiger partial charge in [-0.05, 0) is 62.0 Å². The topological polar surface area (TPSA) is 52.7 Å². The Labute approximate surface area is 173 Å². The third kappa shape index (κ3) is 4.30. The summed E-state index contributed by atoms with van der Waals surface area (Å²) in [4.78, 5) is 30.0. The molecule has 0 aliphatic carbocycles. The van der Waals surface area contributed by atoms with Gasteiger partial charge >= 0.3 is 0 Å². The Morgan fingerprint density at radius 2 is 1.55 bits per heavy atom. The molecule has 29 heavy (non-hydrogen) atoms. The number of hydrogen-bond donors (Lipinski definition) is 1. The quantitative estimate of drug-likeness (QED) is 0.868. The minimum absolute atomic E-state index is 0.0624. The smallest absolute Gasteiger partial charge is 0.254 e. The van der Waals surface area contributed by atoms with Crippen LogP contribution in [-0.4, -0.2) is 61.4 Å². The first-order valence-corrected chi connectivity index (χ1v) is 10.9. The third-order valence-electron chi connectivity index (χ3n) is 6.57. The number of likely N-dealkylation sites (tertiary alicyclic amines) is 2. The van der Waals surface area contributed by atoms with Crippen LogP contribution in [0.2, 0.25) is 0 Å². The number of amides is 2. The summed E-state index contributed by atoms with van der Waals surface area (Å²) in [5, 5.41) is 5.33. The first kappa shape index (κ1) is 19.9. The van der Waals surface area contributed by atoms with Gasteiger partial charge in [0, 0.05) is 37.7 Å². The molecule has 2 saturated heterocycles. The summed E-state index contributed by atoms with van der Waals surface area (Å²) >= 11 is 0. The van der Waals surface area contributed by atoms with Crippen LogP contribution in [0.3, 0.4) is 0 Å². The lowest BCUT2D eigenvalue weighted by Gasteiger charge is -2.37. The number of carbonyl (C=O) groups excluding carboxylic acids is 2. The largest absolute Gasteiger partial charge is 0.342 e. The Morgan fingerprint density at radius 3 is 2.28 bits per heavy atom. The monoisotopic (exact) mass is 393 g/mol. The SMILES string of the molecule is CNCC1CCN(C(=O)C2CCN(C(=O)c3cccc4ccccc34)CC2)CC1. The van der Waals surface area contributed by atoms with Crippen LogP contribution in [0.5, 0.6) is 0 Å². The van der Waals surface area contributed by atoms with Gasteiger partial charge in [0.05, 0.1) is 0 Å². The summed E-state index contributed by atoms with van der Waals surface area (Å²) in [6.45, 7) is 4.11. The molecule has 2 aliphatic rings. The molecule has 0 spiro atoms. The van der Waals surface area contributed by atoms with E-state index < -0.39 is 0 Å². The molecule has 0 saturated carbocycles. The van der Waals surface area contributed by atoms with E-state index in [4.69, 9.17) is 0 Å². The average molecular weight is 394 g/mol. The second-order valence-electron chi connectivity index (χ2n) is 8.42. The molecule has 2 aliphatic heterocycles. The van der Waals surface area contributed by atoms with Crippen LogP contribution in [-0.2, 0) is 4.79 Å². The van der Waals surface area contributed by atoms with Gasteiger partial charge in [-0.3, -0.25) is 9.59 Å². The Hall–Kier alpha value is -2.40. The van der Waals surface area contributed by atoms with E-state index in [0.717, 1.165) is 61.7 Å². The van der Waals surface area contributed by atoms with Crippen LogP contribution in [0.15, 0.2) is 42.5 Å². The standard InChI is InChI=1S/C24H31N3O2/c1-25-17-18-9-13-26(14-10-18)23(28)20-11-15-27(16-12-20)24(29)22-8-4-6-19-5-2-3-7-21(19)22/h2-8,18,20,25H,9-17H2,1H3. The Kier molecular flexibility index (Phi) is 6.14. The molecule has 2 aromatic rings. The lowest BCUT2D eigenvalue weighted by Crippen LogP contribution is -2.47. The predicted octanol–water partition coefficient (Wildman–Crippen LogP) is 3.15. The maximum Gasteiger partial charge on any atom is 0.254 e. The van der Waals surface area contributed by atoms with Crippen LogP contribution in [0.25, 0.3) is 10.8 Å². The van der Waals surface area contributed by atoms with E-state index in [9.17, 15) is 9.59 Å². The molecule has 2 aromatic carbocycles. The van der Waals surface area contributed by atoms with Crippen molar-refractivity contribution in [3.05, 3.63) is 48.0 Å². The number of nitrogens with zero attached hydrogens (tertiary/aromatic N) is 2. The van der Waals surface area contributed by atoms with Gasteiger partial charge in [-0.25, -0.2) is 0 Å². The Bertz CT molecular complexity index is 860. The zero-order chi connectivity index (χ0) is 20.2. The van der Waals surface area contributed by atoms with Gasteiger partial charge < -0.3 is 15.1 Å². The van der Waals surface area contributed by atoms with Gasteiger partial charge in [0.2, 0.25) is 5.91 Å². The summed E-state index contributed by atoms with van der Waals surface area (Å²) in [7, 11) is 1.99. The van der Waals surface area contributed by atoms with Gasteiger partial charge in [0.15, 0.2) is 0 Å². The molecule has 0 aromatic heterocycles. The number of benzene rings is 2. The van der Waals surface area contributed by atoms with Gasteiger partial charge in [-0.15, -0.1) is 0 Å². The van der Waals surface area contributed by atoms with Crippen molar-refractivity contribution in [1.82, 2.24) is 15.1 Å². The number of nitrogens with one attached hydrogen (secondary N) is 1. The van der Waals surface area contributed by atoms with Crippen molar-refractivity contribution < 1.29 is 9.59 Å². The molecular weight excluding hydrogens is 362 g/mol. The maximum absolute atomic E-state index is 13.1. The second kappa shape index (κ2) is 8.95. The van der Waals surface area contributed by atoms with Gasteiger partial charge in [0.25, 0.3) is 5.91 Å². The summed E-state index contributed by atoms with van der Waals surface area (Å²) < 4.78 is 0. The third-order valence-corrected chi connectivity index (χ3v) is 6.57. The van der Waals surface area contributed by atoms with E-state index in [1.807, 2.05) is 54.4 Å². The molecule has 0 bridgehead atoms. The summed E-state index contributed by atoms with van der Waals surface area (Å²) in [6, 6.07) is 13.9. The highest BCUT2D eigenvalue weighted by Crippen LogP contribution is 2.26. The van der Waals surface area contributed by atoms with Gasteiger partial charge in [-0.2, -0.15) is 0 Å². The average Bonchev–Trinajstić information content (AvgIpc) is 2.78. The van der Waals surface area contributed by atoms with Crippen molar-refractivity contribution >= 4 is 22.6 Å². The van der Waals surface area contributed by atoms with Crippen molar-refractivity contribution in [2.75, 3.05) is 39.8 Å². The minimum atomic E-state index is 0.0624. The van der Waals surface area contributed by atoms with E-state index in [0.29, 0.717) is 24.9 Å². The van der Waals surface area contributed by atoms with Crippen LogP contribution in [0.1, 0.15) is 36.0 Å². The van der Waals surface area contributed by atoms with Crippen LogP contribution in [0.4, 0.5) is 0 Å². The van der Waals surface area contributed by atoms with Crippen LogP contribution < -0.4 is 5.32 Å². The Morgan fingerprint density at radius 1 is 0.897 bits per heavy atom. The van der Waals surface area contributed by atoms with Crippen molar-refractivity contribution in [2.45, 2.75) is 25.7 Å². The number of rotatable bonds is 4. The molecule has 0 radical (unpaired) electrons. The zero-order valence-electron chi connectivity index (χ0n) is 17.3. The molecule has 5 heteroatoms. The number of piperidine rings is 2. The van der Waals surface area contributed by atoms with E-state index in [-0.39, 0.29) is 11.8 Å². The first-order valence-electron chi connectivity index (χ1n) is 10.9. The normalized spacial score (nSPS) is 18.9. The maximum atomic E-state index is 13.1. The summed E-state index contributed by atoms with van der Waals surface area (Å²) in [5.41, 5.74) is 0.763. The van der Waals surface area contributed by atoms with E-state index in [1.165, 1.54) is 0 Å². The number of carbonyl (C=O) groups is 2. The van der Waals surface area contributed by atoms with E-state index >= 15 is 0 Å². The molecular formula is C24H31N3O2.